The van der Waals surface area contributed by atoms with E-state index in [0.29, 0.717) is 33.8 Å². The van der Waals surface area contributed by atoms with Crippen LogP contribution in [0.2, 0.25) is 0 Å². The van der Waals surface area contributed by atoms with E-state index in [1.54, 1.807) is 12.3 Å². The van der Waals surface area contributed by atoms with Gasteiger partial charge in [0.15, 0.2) is 5.65 Å². The Morgan fingerprint density at radius 1 is 0.765 bits per heavy atom. The summed E-state index contributed by atoms with van der Waals surface area (Å²) in [6, 6.07) is 3.59. The summed E-state index contributed by atoms with van der Waals surface area (Å²) in [7, 11) is 0. The van der Waals surface area contributed by atoms with Crippen LogP contribution in [-0.4, -0.2) is 35.2 Å². The smallest absolute Gasteiger partial charge is 0.240 e. The van der Waals surface area contributed by atoms with E-state index in [1.165, 1.54) is 0 Å². The van der Waals surface area contributed by atoms with Crippen LogP contribution in [0.15, 0.2) is 23.0 Å². The predicted octanol–water partition coefficient (Wildman–Crippen LogP) is 0.504. The molecule has 80 valence electrons. The van der Waals surface area contributed by atoms with Crippen molar-refractivity contribution < 1.29 is 4.63 Å². The molecule has 0 fully saturated rings. The van der Waals surface area contributed by atoms with Crippen LogP contribution in [0, 0.1) is 0 Å². The minimum Gasteiger partial charge on any atom is -0.240 e. The Balaban J connectivity index is 2.23. The van der Waals surface area contributed by atoms with Gasteiger partial charge in [-0.15, -0.1) is 0 Å². The van der Waals surface area contributed by atoms with Crippen LogP contribution in [0.3, 0.4) is 0 Å². The lowest BCUT2D eigenvalue weighted by atomic mass is 10.4. The lowest BCUT2D eigenvalue weighted by Crippen LogP contribution is -1.95. The summed E-state index contributed by atoms with van der Waals surface area (Å²) >= 11 is 0. The lowest BCUT2D eigenvalue weighted by molar-refractivity contribution is 0.314. The van der Waals surface area contributed by atoms with Crippen molar-refractivity contribution in [2.45, 2.75) is 0 Å². The fourth-order valence-corrected chi connectivity index (χ4v) is 1.55. The summed E-state index contributed by atoms with van der Waals surface area (Å²) in [5, 5.41) is 7.21. The van der Waals surface area contributed by atoms with Gasteiger partial charge in [0.1, 0.15) is 5.52 Å². The zero-order chi connectivity index (χ0) is 11.2. The third-order valence-corrected chi connectivity index (χ3v) is 2.28. The molecular weight excluding hydrogens is 222 g/mol. The highest BCUT2D eigenvalue weighted by Crippen LogP contribution is 2.13. The number of nitrogens with zero attached hydrogens (tertiary/aromatic N) is 7. The Hall–Kier alpha value is -2.77. The molecule has 8 nitrogen and oxygen atoms in total. The molecule has 0 atom stereocenters. The number of hydrogen-bond acceptors (Lipinski definition) is 8. The molecule has 0 N–H and O–H groups in total. The zero-order valence-corrected chi connectivity index (χ0v) is 8.27. The number of fused-ring (bicyclic) bond motifs is 3. The number of rotatable bonds is 0. The molecule has 4 rings (SSSR count). The Labute approximate surface area is 92.7 Å². The van der Waals surface area contributed by atoms with Gasteiger partial charge in [0, 0.05) is 6.20 Å². The average Bonchev–Trinajstić information content (AvgIpc) is 2.80. The van der Waals surface area contributed by atoms with Crippen LogP contribution in [0.4, 0.5) is 0 Å². The van der Waals surface area contributed by atoms with E-state index in [9.17, 15) is 0 Å². The largest absolute Gasteiger partial charge is 0.245 e. The van der Waals surface area contributed by atoms with Crippen molar-refractivity contribution in [2.24, 2.45) is 0 Å². The van der Waals surface area contributed by atoms with Gasteiger partial charge in [-0.3, -0.25) is 0 Å². The molecule has 0 radical (unpaired) electrons. The monoisotopic (exact) mass is 225 g/mol. The van der Waals surface area contributed by atoms with Gasteiger partial charge in [0.25, 0.3) is 0 Å². The maximum Gasteiger partial charge on any atom is 0.245 e. The van der Waals surface area contributed by atoms with Crippen molar-refractivity contribution >= 4 is 33.8 Å². The van der Waals surface area contributed by atoms with Gasteiger partial charge >= 0.3 is 0 Å². The topological polar surface area (TPSA) is 103 Å². The molecular formula is C9H3N7O. The minimum atomic E-state index is 0.307. The van der Waals surface area contributed by atoms with Crippen molar-refractivity contribution in [1.82, 2.24) is 35.2 Å². The normalized spacial score (nSPS) is 11.5. The number of pyridine rings is 1. The second-order valence-electron chi connectivity index (χ2n) is 3.35. The summed E-state index contributed by atoms with van der Waals surface area (Å²) in [6.07, 6.45) is 1.65. The van der Waals surface area contributed by atoms with Gasteiger partial charge in [-0.2, -0.15) is 9.97 Å². The lowest BCUT2D eigenvalue weighted by Gasteiger charge is -1.96. The third-order valence-electron chi connectivity index (χ3n) is 2.28. The third kappa shape index (κ3) is 1.14. The quantitative estimate of drug-likeness (QED) is 0.398. The highest BCUT2D eigenvalue weighted by Gasteiger charge is 2.09. The first-order valence-corrected chi connectivity index (χ1v) is 4.79. The van der Waals surface area contributed by atoms with E-state index in [0.717, 1.165) is 0 Å². The summed E-state index contributed by atoms with van der Waals surface area (Å²) in [5.41, 5.74) is 2.57. The van der Waals surface area contributed by atoms with Gasteiger partial charge in [-0.1, -0.05) is 0 Å². The Bertz CT molecular complexity index is 786. The summed E-state index contributed by atoms with van der Waals surface area (Å²) in [5.74, 6) is 0. The van der Waals surface area contributed by atoms with Gasteiger partial charge in [0.2, 0.25) is 22.6 Å². The molecule has 8 heteroatoms. The first kappa shape index (κ1) is 8.39. The molecule has 0 aliphatic heterocycles. The Kier molecular flexibility index (Phi) is 1.42. The number of aromatic nitrogens is 7. The highest BCUT2D eigenvalue weighted by atomic mass is 16.6. The van der Waals surface area contributed by atoms with Crippen molar-refractivity contribution in [1.29, 1.82) is 0 Å². The summed E-state index contributed by atoms with van der Waals surface area (Å²) < 4.78 is 4.54. The van der Waals surface area contributed by atoms with E-state index in [-0.39, 0.29) is 0 Å². The zero-order valence-electron chi connectivity index (χ0n) is 8.27. The maximum atomic E-state index is 4.54. The molecule has 4 heterocycles. The maximum absolute atomic E-state index is 4.54. The molecule has 0 amide bonds. The molecule has 4 aromatic heterocycles. The number of hydrogen-bond donors (Lipinski definition) is 0. The Morgan fingerprint density at radius 3 is 2.29 bits per heavy atom. The summed E-state index contributed by atoms with van der Waals surface area (Å²) in [6.45, 7) is 0. The van der Waals surface area contributed by atoms with Crippen LogP contribution in [0.1, 0.15) is 0 Å². The van der Waals surface area contributed by atoms with Crippen molar-refractivity contribution in [3.05, 3.63) is 18.3 Å². The van der Waals surface area contributed by atoms with Crippen LogP contribution >= 0.6 is 0 Å². The molecule has 4 aromatic rings. The van der Waals surface area contributed by atoms with Gasteiger partial charge < -0.3 is 0 Å². The van der Waals surface area contributed by atoms with Crippen molar-refractivity contribution in [3.8, 4) is 0 Å². The predicted molar refractivity (Wildman–Crippen MR) is 55.8 cm³/mol. The van der Waals surface area contributed by atoms with Crippen LogP contribution in [0.25, 0.3) is 33.8 Å². The van der Waals surface area contributed by atoms with Crippen LogP contribution in [-0.2, 0) is 0 Å². The molecule has 0 spiro atoms. The average molecular weight is 225 g/mol. The fraction of sp³-hybridized carbons (Fsp3) is 0. The molecule has 0 aromatic carbocycles. The molecule has 0 saturated carbocycles. The van der Waals surface area contributed by atoms with E-state index < -0.39 is 0 Å². The van der Waals surface area contributed by atoms with E-state index in [2.05, 4.69) is 39.9 Å². The first-order valence-electron chi connectivity index (χ1n) is 4.79. The molecule has 17 heavy (non-hydrogen) atoms. The van der Waals surface area contributed by atoms with Crippen molar-refractivity contribution in [3.63, 3.8) is 0 Å². The second-order valence-corrected chi connectivity index (χ2v) is 3.35. The van der Waals surface area contributed by atoms with Crippen LogP contribution in [0.5, 0.6) is 0 Å². The SMILES string of the molecule is c1cnc2nc3nc4nonc4nc3nc2c1. The molecule has 0 unspecified atom stereocenters. The highest BCUT2D eigenvalue weighted by molar-refractivity contribution is 5.83. The van der Waals surface area contributed by atoms with E-state index in [4.69, 9.17) is 0 Å². The minimum absolute atomic E-state index is 0.307. The molecule has 0 saturated heterocycles. The standard InChI is InChI=1S/C9H3N7O/c1-2-4-5(10-3-1)12-7-6(11-4)13-8-9(14-7)16-17-15-8/h1-3H. The van der Waals surface area contributed by atoms with Crippen molar-refractivity contribution in [2.75, 3.05) is 0 Å². The Morgan fingerprint density at radius 2 is 1.47 bits per heavy atom. The van der Waals surface area contributed by atoms with Gasteiger partial charge in [-0.25, -0.2) is 19.6 Å². The summed E-state index contributed by atoms with van der Waals surface area (Å²) in [4.78, 5) is 20.9. The van der Waals surface area contributed by atoms with Gasteiger partial charge in [-0.05, 0) is 22.4 Å². The fourth-order valence-electron chi connectivity index (χ4n) is 1.55. The molecule has 0 aliphatic rings. The first-order chi connectivity index (χ1) is 8.40. The van der Waals surface area contributed by atoms with Crippen LogP contribution < -0.4 is 0 Å². The molecule has 0 aliphatic carbocycles. The van der Waals surface area contributed by atoms with E-state index in [1.807, 2.05) is 6.07 Å². The second kappa shape index (κ2) is 2.88. The molecule has 0 bridgehead atoms. The van der Waals surface area contributed by atoms with Gasteiger partial charge in [0.05, 0.1) is 0 Å². The van der Waals surface area contributed by atoms with E-state index >= 15 is 0 Å².